The van der Waals surface area contributed by atoms with E-state index in [2.05, 4.69) is 16.0 Å². The van der Waals surface area contributed by atoms with Gasteiger partial charge in [0.2, 0.25) is 0 Å². The summed E-state index contributed by atoms with van der Waals surface area (Å²) in [6.45, 7) is 3.66. The summed E-state index contributed by atoms with van der Waals surface area (Å²) >= 11 is 0. The number of carbonyl (C=O) groups is 3. The van der Waals surface area contributed by atoms with Crippen LogP contribution in [0.3, 0.4) is 0 Å². The average Bonchev–Trinajstić information content (AvgIpc) is 3.02. The summed E-state index contributed by atoms with van der Waals surface area (Å²) in [4.78, 5) is 37.3. The lowest BCUT2D eigenvalue weighted by molar-refractivity contribution is -0.122. The van der Waals surface area contributed by atoms with Crippen LogP contribution >= 0.6 is 0 Å². The van der Waals surface area contributed by atoms with Crippen molar-refractivity contribution in [1.82, 2.24) is 20.6 Å². The lowest BCUT2D eigenvalue weighted by atomic mass is 9.98. The van der Waals surface area contributed by atoms with Crippen molar-refractivity contribution >= 4 is 17.6 Å². The SMILES string of the molecule is Cc1cc(C)n(CC(=O)NNC(=O)c2ccccc2C(=O)c2ccccc2)n1. The van der Waals surface area contributed by atoms with Crippen LogP contribution in [0.25, 0.3) is 0 Å². The number of aromatic nitrogens is 2. The average molecular weight is 376 g/mol. The predicted molar refractivity (Wildman–Crippen MR) is 104 cm³/mol. The van der Waals surface area contributed by atoms with Crippen LogP contribution in [0.4, 0.5) is 0 Å². The number of ketones is 1. The molecule has 1 aromatic heterocycles. The van der Waals surface area contributed by atoms with Gasteiger partial charge in [0.15, 0.2) is 5.78 Å². The third-order valence-corrected chi connectivity index (χ3v) is 4.16. The van der Waals surface area contributed by atoms with Crippen molar-refractivity contribution in [2.24, 2.45) is 0 Å². The Kier molecular flexibility index (Phi) is 5.64. The Hall–Kier alpha value is -3.74. The van der Waals surface area contributed by atoms with E-state index in [1.807, 2.05) is 26.0 Å². The Morgan fingerprint density at radius 2 is 1.54 bits per heavy atom. The normalized spacial score (nSPS) is 10.4. The summed E-state index contributed by atoms with van der Waals surface area (Å²) in [5.74, 6) is -1.26. The molecule has 142 valence electrons. The fourth-order valence-corrected chi connectivity index (χ4v) is 2.83. The van der Waals surface area contributed by atoms with Gasteiger partial charge in [-0.1, -0.05) is 48.5 Å². The van der Waals surface area contributed by atoms with E-state index in [-0.39, 0.29) is 23.5 Å². The van der Waals surface area contributed by atoms with Crippen LogP contribution in [0, 0.1) is 13.8 Å². The van der Waals surface area contributed by atoms with Crippen LogP contribution in [0.5, 0.6) is 0 Å². The van der Waals surface area contributed by atoms with Gasteiger partial charge >= 0.3 is 0 Å². The molecular formula is C21H20N4O3. The van der Waals surface area contributed by atoms with Crippen LogP contribution in [-0.4, -0.2) is 27.4 Å². The zero-order chi connectivity index (χ0) is 20.1. The molecule has 3 aromatic rings. The van der Waals surface area contributed by atoms with Gasteiger partial charge in [0.25, 0.3) is 11.8 Å². The maximum absolute atomic E-state index is 12.7. The van der Waals surface area contributed by atoms with Crippen LogP contribution < -0.4 is 10.9 Å². The zero-order valence-electron chi connectivity index (χ0n) is 15.6. The first-order chi connectivity index (χ1) is 13.5. The minimum atomic E-state index is -0.568. The van der Waals surface area contributed by atoms with Gasteiger partial charge in [-0.2, -0.15) is 5.10 Å². The van der Waals surface area contributed by atoms with E-state index in [0.717, 1.165) is 11.4 Å². The number of benzene rings is 2. The summed E-state index contributed by atoms with van der Waals surface area (Å²) in [6, 6.07) is 17.0. The maximum atomic E-state index is 12.7. The van der Waals surface area contributed by atoms with Crippen molar-refractivity contribution in [3.8, 4) is 0 Å². The first-order valence-corrected chi connectivity index (χ1v) is 8.74. The second-order valence-corrected chi connectivity index (χ2v) is 6.33. The van der Waals surface area contributed by atoms with Gasteiger partial charge in [-0.3, -0.25) is 29.9 Å². The molecule has 0 aliphatic rings. The van der Waals surface area contributed by atoms with Crippen LogP contribution in [0.15, 0.2) is 60.7 Å². The molecule has 2 aromatic carbocycles. The molecule has 0 aliphatic heterocycles. The Morgan fingerprint density at radius 3 is 2.18 bits per heavy atom. The topological polar surface area (TPSA) is 93.1 Å². The van der Waals surface area contributed by atoms with E-state index in [0.29, 0.717) is 5.56 Å². The van der Waals surface area contributed by atoms with Crippen LogP contribution in [0.1, 0.15) is 37.7 Å². The molecular weight excluding hydrogens is 356 g/mol. The highest BCUT2D eigenvalue weighted by molar-refractivity contribution is 6.15. The van der Waals surface area contributed by atoms with Gasteiger partial charge in [-0.05, 0) is 26.0 Å². The lowest BCUT2D eigenvalue weighted by Gasteiger charge is -2.11. The third kappa shape index (κ3) is 4.32. The van der Waals surface area contributed by atoms with Gasteiger partial charge in [-0.25, -0.2) is 0 Å². The number of rotatable bonds is 5. The van der Waals surface area contributed by atoms with Gasteiger partial charge in [-0.15, -0.1) is 0 Å². The quantitative estimate of drug-likeness (QED) is 0.527. The molecule has 28 heavy (non-hydrogen) atoms. The highest BCUT2D eigenvalue weighted by Gasteiger charge is 2.18. The molecule has 0 aliphatic carbocycles. The molecule has 7 heteroatoms. The molecule has 0 saturated carbocycles. The number of carbonyl (C=O) groups excluding carboxylic acids is 3. The standard InChI is InChI=1S/C21H20N4O3/c1-14-12-15(2)25(24-14)13-19(26)22-23-21(28)18-11-7-6-10-17(18)20(27)16-8-4-3-5-9-16/h3-12H,13H2,1-2H3,(H,22,26)(H,23,28). The Bertz CT molecular complexity index is 1030. The first-order valence-electron chi connectivity index (χ1n) is 8.74. The monoisotopic (exact) mass is 376 g/mol. The van der Waals surface area contributed by atoms with E-state index < -0.39 is 11.8 Å². The molecule has 0 fully saturated rings. The number of hydrogen-bond acceptors (Lipinski definition) is 4. The number of nitrogens with one attached hydrogen (secondary N) is 2. The fraction of sp³-hybridized carbons (Fsp3) is 0.143. The number of aryl methyl sites for hydroxylation is 2. The lowest BCUT2D eigenvalue weighted by Crippen LogP contribution is -2.43. The van der Waals surface area contributed by atoms with Gasteiger partial charge < -0.3 is 0 Å². The van der Waals surface area contributed by atoms with E-state index in [9.17, 15) is 14.4 Å². The minimum absolute atomic E-state index is 0.0233. The predicted octanol–water partition coefficient (Wildman–Crippen LogP) is 2.19. The molecule has 0 spiro atoms. The highest BCUT2D eigenvalue weighted by Crippen LogP contribution is 2.14. The molecule has 7 nitrogen and oxygen atoms in total. The maximum Gasteiger partial charge on any atom is 0.270 e. The molecule has 3 rings (SSSR count). The Morgan fingerprint density at radius 1 is 0.893 bits per heavy atom. The van der Waals surface area contributed by atoms with E-state index >= 15 is 0 Å². The summed E-state index contributed by atoms with van der Waals surface area (Å²) in [7, 11) is 0. The third-order valence-electron chi connectivity index (χ3n) is 4.16. The smallest absolute Gasteiger partial charge is 0.270 e. The summed E-state index contributed by atoms with van der Waals surface area (Å²) in [5.41, 5.74) is 7.30. The fourth-order valence-electron chi connectivity index (χ4n) is 2.83. The van der Waals surface area contributed by atoms with Gasteiger partial charge in [0.1, 0.15) is 6.54 Å². The number of amides is 2. The minimum Gasteiger partial charge on any atom is -0.289 e. The number of nitrogens with zero attached hydrogens (tertiary/aromatic N) is 2. The second-order valence-electron chi connectivity index (χ2n) is 6.33. The second kappa shape index (κ2) is 8.30. The number of hydrogen-bond donors (Lipinski definition) is 2. The number of hydrazine groups is 1. The largest absolute Gasteiger partial charge is 0.289 e. The summed E-state index contributed by atoms with van der Waals surface area (Å²) < 4.78 is 1.55. The van der Waals surface area contributed by atoms with Crippen molar-refractivity contribution in [1.29, 1.82) is 0 Å². The van der Waals surface area contributed by atoms with Gasteiger partial charge in [0, 0.05) is 16.8 Å². The molecule has 0 saturated heterocycles. The van der Waals surface area contributed by atoms with Crippen LogP contribution in [-0.2, 0) is 11.3 Å². The zero-order valence-corrected chi connectivity index (χ0v) is 15.6. The summed E-state index contributed by atoms with van der Waals surface area (Å²) in [6.07, 6.45) is 0. The molecule has 0 unspecified atom stereocenters. The Labute approximate surface area is 162 Å². The van der Waals surface area contributed by atoms with Crippen molar-refractivity contribution in [3.05, 3.63) is 88.7 Å². The summed E-state index contributed by atoms with van der Waals surface area (Å²) in [5, 5.41) is 4.20. The van der Waals surface area contributed by atoms with Crippen LogP contribution in [0.2, 0.25) is 0 Å². The van der Waals surface area contributed by atoms with E-state index in [1.165, 1.54) is 0 Å². The van der Waals surface area contributed by atoms with Gasteiger partial charge in [0.05, 0.1) is 11.3 Å². The molecule has 0 bridgehead atoms. The highest BCUT2D eigenvalue weighted by atomic mass is 16.2. The van der Waals surface area contributed by atoms with Crippen molar-refractivity contribution < 1.29 is 14.4 Å². The molecule has 2 N–H and O–H groups in total. The van der Waals surface area contributed by atoms with E-state index in [1.54, 1.807) is 53.2 Å². The Balaban J connectivity index is 1.69. The van der Waals surface area contributed by atoms with Crippen molar-refractivity contribution in [2.45, 2.75) is 20.4 Å². The molecule has 2 amide bonds. The molecule has 0 radical (unpaired) electrons. The van der Waals surface area contributed by atoms with E-state index in [4.69, 9.17) is 0 Å². The van der Waals surface area contributed by atoms with Crippen molar-refractivity contribution in [2.75, 3.05) is 0 Å². The van der Waals surface area contributed by atoms with Crippen molar-refractivity contribution in [3.63, 3.8) is 0 Å². The molecule has 0 atom stereocenters. The molecule has 1 heterocycles. The first kappa shape index (κ1) is 19.0.